The van der Waals surface area contributed by atoms with Crippen molar-refractivity contribution in [2.45, 2.75) is 13.1 Å². The summed E-state index contributed by atoms with van der Waals surface area (Å²) in [4.78, 5) is 6.99. The van der Waals surface area contributed by atoms with Crippen LogP contribution in [-0.4, -0.2) is 9.97 Å². The molecule has 0 amide bonds. The molecule has 0 saturated carbocycles. The maximum Gasteiger partial charge on any atom is 0.433 e. The lowest BCUT2D eigenvalue weighted by molar-refractivity contribution is -0.141. The molecular formula is C12H10BrF3N4O. The zero-order chi connectivity index (χ0) is 15.6. The number of aryl methyl sites for hydroxylation is 1. The molecule has 0 saturated heterocycles. The third kappa shape index (κ3) is 3.82. The van der Waals surface area contributed by atoms with Crippen LogP contribution in [-0.2, 0) is 6.18 Å². The van der Waals surface area contributed by atoms with Gasteiger partial charge in [0, 0.05) is 10.5 Å². The minimum Gasteiger partial charge on any atom is -0.439 e. The quantitative estimate of drug-likeness (QED) is 0.644. The Bertz CT molecular complexity index is 663. The van der Waals surface area contributed by atoms with Crippen LogP contribution in [0, 0.1) is 6.92 Å². The average Bonchev–Trinajstić information content (AvgIpc) is 2.41. The highest BCUT2D eigenvalue weighted by atomic mass is 79.9. The molecular weight excluding hydrogens is 353 g/mol. The monoisotopic (exact) mass is 362 g/mol. The largest absolute Gasteiger partial charge is 0.439 e. The molecule has 1 heterocycles. The summed E-state index contributed by atoms with van der Waals surface area (Å²) >= 11 is 3.26. The van der Waals surface area contributed by atoms with Gasteiger partial charge in [0.1, 0.15) is 5.75 Å². The molecule has 9 heteroatoms. The van der Waals surface area contributed by atoms with Crippen molar-refractivity contribution in [2.24, 2.45) is 5.84 Å². The molecule has 2 rings (SSSR count). The topological polar surface area (TPSA) is 73.1 Å². The lowest BCUT2D eigenvalue weighted by atomic mass is 10.2. The van der Waals surface area contributed by atoms with Gasteiger partial charge in [-0.25, -0.2) is 10.8 Å². The first kappa shape index (κ1) is 15.5. The third-order valence-corrected chi connectivity index (χ3v) is 2.98. The Morgan fingerprint density at radius 3 is 2.57 bits per heavy atom. The van der Waals surface area contributed by atoms with Crippen molar-refractivity contribution in [3.8, 4) is 11.6 Å². The van der Waals surface area contributed by atoms with E-state index in [2.05, 4.69) is 25.9 Å². The molecule has 112 valence electrons. The number of aromatic nitrogens is 2. The van der Waals surface area contributed by atoms with Crippen LogP contribution < -0.4 is 16.0 Å². The van der Waals surface area contributed by atoms with E-state index in [0.717, 1.165) is 10.0 Å². The molecule has 3 N–H and O–H groups in total. The molecule has 0 radical (unpaired) electrons. The van der Waals surface area contributed by atoms with Gasteiger partial charge in [0.2, 0.25) is 11.8 Å². The predicted octanol–water partition coefficient (Wildman–Crippen LogP) is 3.64. The summed E-state index contributed by atoms with van der Waals surface area (Å²) in [6.45, 7) is 1.76. The summed E-state index contributed by atoms with van der Waals surface area (Å²) in [5, 5.41) is 0. The Hall–Kier alpha value is -1.87. The highest BCUT2D eigenvalue weighted by Gasteiger charge is 2.34. The number of benzene rings is 1. The fourth-order valence-electron chi connectivity index (χ4n) is 1.48. The number of hydrazine groups is 1. The van der Waals surface area contributed by atoms with Gasteiger partial charge in [-0.15, -0.1) is 0 Å². The van der Waals surface area contributed by atoms with Gasteiger partial charge in [-0.1, -0.05) is 22.0 Å². The number of hydrogen-bond donors (Lipinski definition) is 2. The van der Waals surface area contributed by atoms with Crippen LogP contribution in [0.2, 0.25) is 0 Å². The van der Waals surface area contributed by atoms with E-state index >= 15 is 0 Å². The first-order chi connectivity index (χ1) is 9.79. The molecule has 21 heavy (non-hydrogen) atoms. The molecule has 1 aromatic heterocycles. The number of rotatable bonds is 3. The van der Waals surface area contributed by atoms with Crippen molar-refractivity contribution < 1.29 is 17.9 Å². The van der Waals surface area contributed by atoms with Crippen molar-refractivity contribution in [3.63, 3.8) is 0 Å². The fraction of sp³-hybridized carbons (Fsp3) is 0.167. The second-order valence-corrected chi connectivity index (χ2v) is 4.98. The van der Waals surface area contributed by atoms with Gasteiger partial charge < -0.3 is 4.74 Å². The van der Waals surface area contributed by atoms with Crippen LogP contribution >= 0.6 is 15.9 Å². The maximum absolute atomic E-state index is 12.7. The highest BCUT2D eigenvalue weighted by Crippen LogP contribution is 2.32. The van der Waals surface area contributed by atoms with Gasteiger partial charge >= 0.3 is 6.18 Å². The lowest BCUT2D eigenvalue weighted by Gasteiger charge is -2.12. The average molecular weight is 363 g/mol. The number of nitrogens with two attached hydrogens (primary N) is 1. The smallest absolute Gasteiger partial charge is 0.433 e. The number of anilines is 1. The summed E-state index contributed by atoms with van der Waals surface area (Å²) in [6.07, 6.45) is -4.63. The Kier molecular flexibility index (Phi) is 4.33. The predicted molar refractivity (Wildman–Crippen MR) is 73.8 cm³/mol. The molecule has 0 spiro atoms. The van der Waals surface area contributed by atoms with Crippen molar-refractivity contribution in [2.75, 3.05) is 5.43 Å². The van der Waals surface area contributed by atoms with E-state index in [1.165, 1.54) is 0 Å². The Morgan fingerprint density at radius 1 is 1.24 bits per heavy atom. The van der Waals surface area contributed by atoms with Crippen LogP contribution in [0.4, 0.5) is 19.1 Å². The Morgan fingerprint density at radius 2 is 1.95 bits per heavy atom. The molecule has 5 nitrogen and oxygen atoms in total. The van der Waals surface area contributed by atoms with Crippen molar-refractivity contribution in [1.29, 1.82) is 0 Å². The normalized spacial score (nSPS) is 11.3. The third-order valence-electron chi connectivity index (χ3n) is 2.49. The number of hydrogen-bond acceptors (Lipinski definition) is 5. The second kappa shape index (κ2) is 5.86. The summed E-state index contributed by atoms with van der Waals surface area (Å²) in [6, 6.07) is 5.88. The van der Waals surface area contributed by atoms with E-state index in [0.29, 0.717) is 11.8 Å². The van der Waals surface area contributed by atoms with Crippen molar-refractivity contribution in [3.05, 3.63) is 40.0 Å². The molecule has 0 unspecified atom stereocenters. The van der Waals surface area contributed by atoms with Crippen LogP contribution in [0.5, 0.6) is 11.6 Å². The van der Waals surface area contributed by atoms with E-state index in [1.807, 2.05) is 5.43 Å². The molecule has 1 aromatic carbocycles. The van der Waals surface area contributed by atoms with Gasteiger partial charge in [0.05, 0.1) is 0 Å². The van der Waals surface area contributed by atoms with Crippen molar-refractivity contribution in [1.82, 2.24) is 9.97 Å². The zero-order valence-corrected chi connectivity index (χ0v) is 12.3. The van der Waals surface area contributed by atoms with Crippen LogP contribution in [0.3, 0.4) is 0 Å². The van der Waals surface area contributed by atoms with E-state index in [9.17, 15) is 13.2 Å². The highest BCUT2D eigenvalue weighted by molar-refractivity contribution is 9.10. The number of nitrogens with one attached hydrogen (secondary N) is 1. The first-order valence-corrected chi connectivity index (χ1v) is 6.46. The molecule has 0 aliphatic carbocycles. The van der Waals surface area contributed by atoms with Gasteiger partial charge in [0.15, 0.2) is 5.69 Å². The number of halogens is 4. The molecule has 0 fully saturated rings. The van der Waals surface area contributed by atoms with E-state index in [1.54, 1.807) is 25.1 Å². The summed E-state index contributed by atoms with van der Waals surface area (Å²) in [5.74, 6) is 4.81. The molecule has 0 aliphatic heterocycles. The number of nitrogens with zero attached hydrogens (tertiary/aromatic N) is 2. The summed E-state index contributed by atoms with van der Waals surface area (Å²) in [7, 11) is 0. The van der Waals surface area contributed by atoms with Crippen LogP contribution in [0.1, 0.15) is 11.3 Å². The van der Waals surface area contributed by atoms with Gasteiger partial charge in [0.25, 0.3) is 0 Å². The van der Waals surface area contributed by atoms with Crippen LogP contribution in [0.15, 0.2) is 28.7 Å². The lowest BCUT2D eigenvalue weighted by Crippen LogP contribution is -2.15. The van der Waals surface area contributed by atoms with Crippen LogP contribution in [0.25, 0.3) is 0 Å². The SMILES string of the molecule is Cc1ccc(Br)cc1Oc1cc(C(F)(F)F)nc(NN)n1. The van der Waals surface area contributed by atoms with Crippen molar-refractivity contribution >= 4 is 21.9 Å². The first-order valence-electron chi connectivity index (χ1n) is 5.66. The number of nitrogen functional groups attached to an aromatic ring is 1. The minimum atomic E-state index is -4.63. The standard InChI is InChI=1S/C12H10BrF3N4O/c1-6-2-3-7(13)4-8(6)21-10-5-9(12(14,15)16)18-11(19-10)20-17/h2-5H,17H2,1H3,(H,18,19,20). The number of ether oxygens (including phenoxy) is 1. The summed E-state index contributed by atoms with van der Waals surface area (Å²) in [5.41, 5.74) is 1.58. The minimum absolute atomic E-state index is 0.258. The number of alkyl halides is 3. The van der Waals surface area contributed by atoms with Gasteiger partial charge in [-0.2, -0.15) is 18.2 Å². The second-order valence-electron chi connectivity index (χ2n) is 4.07. The van der Waals surface area contributed by atoms with E-state index < -0.39 is 11.9 Å². The van der Waals surface area contributed by atoms with Gasteiger partial charge in [-0.05, 0) is 24.6 Å². The molecule has 0 bridgehead atoms. The molecule has 0 aliphatic rings. The zero-order valence-electron chi connectivity index (χ0n) is 10.7. The fourth-order valence-corrected chi connectivity index (χ4v) is 1.82. The summed E-state index contributed by atoms with van der Waals surface area (Å²) < 4.78 is 44.4. The van der Waals surface area contributed by atoms with E-state index in [-0.39, 0.29) is 11.8 Å². The Balaban J connectivity index is 2.42. The Labute approximate surface area is 126 Å². The molecule has 0 atom stereocenters. The van der Waals surface area contributed by atoms with Gasteiger partial charge in [-0.3, -0.25) is 5.43 Å². The maximum atomic E-state index is 12.7. The van der Waals surface area contributed by atoms with E-state index in [4.69, 9.17) is 10.6 Å². The molecule has 2 aromatic rings.